The number of aldehydes is 1. The molecule has 3 unspecified atom stereocenters. The zero-order valence-electron chi connectivity index (χ0n) is 10.8. The van der Waals surface area contributed by atoms with Gasteiger partial charge in [0.05, 0.1) is 6.10 Å². The third kappa shape index (κ3) is 2.68. The quantitative estimate of drug-likeness (QED) is 0.559. The first-order valence-corrected chi connectivity index (χ1v) is 6.56. The van der Waals surface area contributed by atoms with Crippen LogP contribution in [0.25, 0.3) is 0 Å². The summed E-state index contributed by atoms with van der Waals surface area (Å²) in [5.41, 5.74) is 2.24. The Bertz CT molecular complexity index is 367. The molecular weight excluding hydrogens is 212 g/mol. The van der Waals surface area contributed by atoms with Gasteiger partial charge in [0, 0.05) is 5.41 Å². The summed E-state index contributed by atoms with van der Waals surface area (Å²) in [6, 6.07) is 0. The van der Waals surface area contributed by atoms with Crippen LogP contribution in [-0.4, -0.2) is 17.5 Å². The molecule has 1 saturated carbocycles. The highest BCUT2D eigenvalue weighted by molar-refractivity contribution is 5.73. The molecule has 0 heterocycles. The van der Waals surface area contributed by atoms with Crippen LogP contribution in [0.3, 0.4) is 0 Å². The molecular formula is C15H22O2. The Morgan fingerprint density at radius 3 is 2.94 bits per heavy atom. The van der Waals surface area contributed by atoms with Crippen molar-refractivity contribution in [3.05, 3.63) is 23.3 Å². The summed E-state index contributed by atoms with van der Waals surface area (Å²) in [7, 11) is 0. The Hall–Kier alpha value is -0.890. The number of hydrogen-bond acceptors (Lipinski definition) is 2. The first-order chi connectivity index (χ1) is 8.06. The van der Waals surface area contributed by atoms with Crippen molar-refractivity contribution in [1.29, 1.82) is 0 Å². The number of carbonyl (C=O) groups excluding carboxylic acids is 1. The van der Waals surface area contributed by atoms with Crippen LogP contribution >= 0.6 is 0 Å². The van der Waals surface area contributed by atoms with E-state index in [-0.39, 0.29) is 11.5 Å². The lowest BCUT2D eigenvalue weighted by Gasteiger charge is -2.18. The van der Waals surface area contributed by atoms with E-state index in [9.17, 15) is 9.90 Å². The van der Waals surface area contributed by atoms with E-state index < -0.39 is 0 Å². The molecule has 0 aliphatic heterocycles. The van der Waals surface area contributed by atoms with Crippen LogP contribution < -0.4 is 0 Å². The minimum absolute atomic E-state index is 0.0128. The fourth-order valence-electron chi connectivity index (χ4n) is 2.77. The Morgan fingerprint density at radius 1 is 1.47 bits per heavy atom. The molecule has 1 fully saturated rings. The van der Waals surface area contributed by atoms with Crippen LogP contribution in [0.4, 0.5) is 0 Å². The zero-order valence-corrected chi connectivity index (χ0v) is 10.8. The van der Waals surface area contributed by atoms with Crippen molar-refractivity contribution >= 4 is 6.29 Å². The van der Waals surface area contributed by atoms with Crippen molar-refractivity contribution in [2.24, 2.45) is 11.3 Å². The van der Waals surface area contributed by atoms with Gasteiger partial charge in [-0.05, 0) is 50.5 Å². The third-order valence-corrected chi connectivity index (χ3v) is 4.41. The van der Waals surface area contributed by atoms with Gasteiger partial charge in [0.1, 0.15) is 6.29 Å². The van der Waals surface area contributed by atoms with Gasteiger partial charge >= 0.3 is 0 Å². The number of hydrogen-bond donors (Lipinski definition) is 1. The Kier molecular flexibility index (Phi) is 3.53. The normalized spacial score (nSPS) is 38.3. The van der Waals surface area contributed by atoms with Gasteiger partial charge in [-0.15, -0.1) is 0 Å². The summed E-state index contributed by atoms with van der Waals surface area (Å²) >= 11 is 0. The summed E-state index contributed by atoms with van der Waals surface area (Å²) in [6.45, 7) is 4.25. The highest BCUT2D eigenvalue weighted by Crippen LogP contribution is 2.57. The van der Waals surface area contributed by atoms with Crippen molar-refractivity contribution < 1.29 is 9.90 Å². The molecule has 0 amide bonds. The predicted octanol–water partition coefficient (Wildman–Crippen LogP) is 3.02. The highest BCUT2D eigenvalue weighted by Gasteiger charge is 2.53. The van der Waals surface area contributed by atoms with Crippen molar-refractivity contribution in [3.63, 3.8) is 0 Å². The largest absolute Gasteiger partial charge is 0.393 e. The van der Waals surface area contributed by atoms with E-state index in [1.807, 2.05) is 0 Å². The van der Waals surface area contributed by atoms with E-state index in [4.69, 9.17) is 0 Å². The fourth-order valence-corrected chi connectivity index (χ4v) is 2.77. The summed E-state index contributed by atoms with van der Waals surface area (Å²) in [5.74, 6) is 0.399. The van der Waals surface area contributed by atoms with Crippen LogP contribution in [0.1, 0.15) is 46.0 Å². The lowest BCUT2D eigenvalue weighted by Crippen LogP contribution is -2.20. The van der Waals surface area contributed by atoms with Gasteiger partial charge in [-0.1, -0.05) is 24.6 Å². The molecule has 2 aliphatic carbocycles. The van der Waals surface area contributed by atoms with Gasteiger partial charge in [-0.25, -0.2) is 0 Å². The monoisotopic (exact) mass is 234 g/mol. The average Bonchev–Trinajstić information content (AvgIpc) is 2.96. The van der Waals surface area contributed by atoms with Gasteiger partial charge in [0.25, 0.3) is 0 Å². The number of aliphatic hydroxyl groups is 1. The first-order valence-electron chi connectivity index (χ1n) is 6.56. The van der Waals surface area contributed by atoms with Gasteiger partial charge < -0.3 is 5.11 Å². The van der Waals surface area contributed by atoms with Crippen LogP contribution in [0, 0.1) is 11.3 Å². The molecule has 2 aliphatic rings. The summed E-state index contributed by atoms with van der Waals surface area (Å²) in [4.78, 5) is 11.0. The number of fused-ring (bicyclic) bond motifs is 1. The van der Waals surface area contributed by atoms with Crippen LogP contribution in [-0.2, 0) is 4.79 Å². The van der Waals surface area contributed by atoms with Crippen LogP contribution in [0.2, 0.25) is 0 Å². The lowest BCUT2D eigenvalue weighted by atomic mass is 9.93. The fraction of sp³-hybridized carbons (Fsp3) is 0.667. The maximum atomic E-state index is 11.0. The van der Waals surface area contributed by atoms with Crippen molar-refractivity contribution in [2.45, 2.75) is 52.1 Å². The molecule has 1 N–H and O–H groups in total. The van der Waals surface area contributed by atoms with Gasteiger partial charge in [-0.3, -0.25) is 4.79 Å². The molecule has 0 bridgehead atoms. The predicted molar refractivity (Wildman–Crippen MR) is 68.6 cm³/mol. The summed E-state index contributed by atoms with van der Waals surface area (Å²) in [6.07, 6.45) is 9.64. The average molecular weight is 234 g/mol. The second-order valence-electron chi connectivity index (χ2n) is 5.82. The number of allylic oxidation sites excluding steroid dienone is 4. The number of rotatable bonds is 1. The molecule has 0 radical (unpaired) electrons. The Labute approximate surface area is 103 Å². The second-order valence-corrected chi connectivity index (χ2v) is 5.82. The lowest BCUT2D eigenvalue weighted by molar-refractivity contribution is -0.105. The Morgan fingerprint density at radius 2 is 2.24 bits per heavy atom. The SMILES string of the molecule is CC1=CCCC(C=O)=CC2CC2(C)C(O)CC1. The molecule has 0 saturated heterocycles. The molecule has 3 atom stereocenters. The van der Waals surface area contributed by atoms with E-state index in [0.29, 0.717) is 5.92 Å². The third-order valence-electron chi connectivity index (χ3n) is 4.41. The second kappa shape index (κ2) is 4.77. The molecule has 17 heavy (non-hydrogen) atoms. The minimum Gasteiger partial charge on any atom is -0.393 e. The highest BCUT2D eigenvalue weighted by atomic mass is 16.3. The zero-order chi connectivity index (χ0) is 12.5. The van der Waals surface area contributed by atoms with Crippen LogP contribution in [0.15, 0.2) is 23.3 Å². The first kappa shape index (κ1) is 12.6. The van der Waals surface area contributed by atoms with E-state index in [0.717, 1.165) is 44.0 Å². The minimum atomic E-state index is -0.238. The van der Waals surface area contributed by atoms with E-state index in [2.05, 4.69) is 26.0 Å². The smallest absolute Gasteiger partial charge is 0.145 e. The molecule has 0 aromatic carbocycles. The van der Waals surface area contributed by atoms with Crippen molar-refractivity contribution in [1.82, 2.24) is 0 Å². The molecule has 0 spiro atoms. The Balaban J connectivity index is 2.17. The maximum Gasteiger partial charge on any atom is 0.145 e. The molecule has 2 heteroatoms. The van der Waals surface area contributed by atoms with E-state index >= 15 is 0 Å². The maximum absolute atomic E-state index is 11.0. The van der Waals surface area contributed by atoms with Gasteiger partial charge in [-0.2, -0.15) is 0 Å². The molecule has 2 nitrogen and oxygen atoms in total. The van der Waals surface area contributed by atoms with E-state index in [1.165, 1.54) is 5.57 Å². The van der Waals surface area contributed by atoms with Crippen LogP contribution in [0.5, 0.6) is 0 Å². The topological polar surface area (TPSA) is 37.3 Å². The van der Waals surface area contributed by atoms with E-state index in [1.54, 1.807) is 0 Å². The summed E-state index contributed by atoms with van der Waals surface area (Å²) < 4.78 is 0. The molecule has 2 rings (SSSR count). The molecule has 0 aromatic rings. The standard InChI is InChI=1S/C15H22O2/c1-11-4-3-5-12(10-16)8-13-9-15(13,2)14(17)7-6-11/h4,8,10,13-14,17H,3,5-7,9H2,1-2H3. The van der Waals surface area contributed by atoms with Gasteiger partial charge in [0.2, 0.25) is 0 Å². The number of carbonyl (C=O) groups is 1. The number of aliphatic hydroxyl groups excluding tert-OH is 1. The van der Waals surface area contributed by atoms with Crippen molar-refractivity contribution in [2.75, 3.05) is 0 Å². The molecule has 0 aromatic heterocycles. The van der Waals surface area contributed by atoms with Gasteiger partial charge in [0.15, 0.2) is 0 Å². The molecule has 94 valence electrons. The summed E-state index contributed by atoms with van der Waals surface area (Å²) in [5, 5.41) is 10.2. The van der Waals surface area contributed by atoms with Crippen molar-refractivity contribution in [3.8, 4) is 0 Å².